The number of ketones is 1. The number of carbonyl (C=O) groups excluding carboxylic acids is 1. The monoisotopic (exact) mass is 306 g/mol. The van der Waals surface area contributed by atoms with Crippen LogP contribution in [0.1, 0.15) is 47.0 Å². The Hall–Kier alpha value is -0.450. The van der Waals surface area contributed by atoms with Crippen molar-refractivity contribution in [2.75, 3.05) is 32.8 Å². The predicted octanol–water partition coefficient (Wildman–Crippen LogP) is 2.13. The van der Waals surface area contributed by atoms with Gasteiger partial charge in [-0.15, -0.1) is 0 Å². The second-order valence-corrected chi connectivity index (χ2v) is 9.11. The van der Waals surface area contributed by atoms with E-state index in [1.54, 1.807) is 0 Å². The van der Waals surface area contributed by atoms with Gasteiger partial charge in [0.1, 0.15) is 5.78 Å². The number of ether oxygens (including phenoxy) is 1. The molecule has 0 aromatic carbocycles. The third kappa shape index (κ3) is 1.96. The zero-order valence-electron chi connectivity index (χ0n) is 14.5. The van der Waals surface area contributed by atoms with Crippen molar-refractivity contribution in [2.24, 2.45) is 16.7 Å². The second-order valence-electron chi connectivity index (χ2n) is 9.11. The van der Waals surface area contributed by atoms with E-state index in [0.29, 0.717) is 17.9 Å². The molecule has 0 aliphatic carbocycles. The summed E-state index contributed by atoms with van der Waals surface area (Å²) in [7, 11) is 0. The van der Waals surface area contributed by atoms with Crippen LogP contribution in [0.5, 0.6) is 0 Å². The molecule has 0 radical (unpaired) electrons. The first kappa shape index (κ1) is 15.1. The zero-order valence-corrected chi connectivity index (χ0v) is 14.5. The van der Waals surface area contributed by atoms with E-state index in [-0.39, 0.29) is 16.4 Å². The van der Waals surface area contributed by atoms with Crippen molar-refractivity contribution in [3.05, 3.63) is 0 Å². The average molecular weight is 306 g/mol. The van der Waals surface area contributed by atoms with Crippen molar-refractivity contribution in [1.29, 1.82) is 0 Å². The van der Waals surface area contributed by atoms with E-state index in [0.717, 1.165) is 52.0 Å². The van der Waals surface area contributed by atoms with E-state index < -0.39 is 0 Å². The molecule has 4 bridgehead atoms. The van der Waals surface area contributed by atoms with Gasteiger partial charge in [0, 0.05) is 32.8 Å². The van der Waals surface area contributed by atoms with Crippen LogP contribution < -0.4 is 0 Å². The van der Waals surface area contributed by atoms with Gasteiger partial charge < -0.3 is 4.74 Å². The number of rotatable bonds is 2. The molecule has 0 aromatic heterocycles. The molecule has 5 saturated heterocycles. The highest BCUT2D eigenvalue weighted by Gasteiger charge is 2.64. The summed E-state index contributed by atoms with van der Waals surface area (Å²) < 4.78 is 5.93. The van der Waals surface area contributed by atoms with Crippen molar-refractivity contribution < 1.29 is 9.53 Å². The Bertz CT molecular complexity index is 485. The molecule has 5 heterocycles. The molecule has 3 atom stereocenters. The molecule has 5 aliphatic heterocycles. The van der Waals surface area contributed by atoms with Crippen LogP contribution in [0, 0.1) is 16.7 Å². The second kappa shape index (κ2) is 4.55. The van der Waals surface area contributed by atoms with Gasteiger partial charge in [-0.05, 0) is 39.0 Å². The lowest BCUT2D eigenvalue weighted by Crippen LogP contribution is -2.79. The van der Waals surface area contributed by atoms with Crippen LogP contribution >= 0.6 is 0 Å². The summed E-state index contributed by atoms with van der Waals surface area (Å²) >= 11 is 0. The van der Waals surface area contributed by atoms with Gasteiger partial charge in [-0.25, -0.2) is 0 Å². The van der Waals surface area contributed by atoms with Gasteiger partial charge in [-0.1, -0.05) is 13.8 Å². The molecule has 3 unspecified atom stereocenters. The molecule has 4 heteroatoms. The summed E-state index contributed by atoms with van der Waals surface area (Å²) in [5, 5.41) is 0. The first-order valence-corrected chi connectivity index (χ1v) is 8.96. The minimum Gasteiger partial charge on any atom is -0.376 e. The normalized spacial score (nSPS) is 53.0. The van der Waals surface area contributed by atoms with E-state index in [1.165, 1.54) is 0 Å². The van der Waals surface area contributed by atoms with Crippen molar-refractivity contribution in [3.63, 3.8) is 0 Å². The van der Waals surface area contributed by atoms with Crippen LogP contribution in [0.2, 0.25) is 0 Å². The Balaban J connectivity index is 1.63. The molecule has 0 spiro atoms. The number of hydrogen-bond acceptors (Lipinski definition) is 4. The number of piperidine rings is 2. The fourth-order valence-corrected chi connectivity index (χ4v) is 5.93. The van der Waals surface area contributed by atoms with E-state index in [4.69, 9.17) is 4.74 Å². The summed E-state index contributed by atoms with van der Waals surface area (Å²) in [6.45, 7) is 13.6. The maximum absolute atomic E-state index is 13.0. The average Bonchev–Trinajstić information content (AvgIpc) is 2.42. The van der Waals surface area contributed by atoms with Gasteiger partial charge in [0.2, 0.25) is 0 Å². The summed E-state index contributed by atoms with van der Waals surface area (Å²) in [5.41, 5.74) is -0.228. The van der Waals surface area contributed by atoms with Crippen LogP contribution in [0.4, 0.5) is 0 Å². The Kier molecular flexibility index (Phi) is 3.12. The maximum atomic E-state index is 13.0. The minimum absolute atomic E-state index is 0.00197. The third-order valence-corrected chi connectivity index (χ3v) is 6.73. The van der Waals surface area contributed by atoms with Gasteiger partial charge in [0.25, 0.3) is 0 Å². The molecule has 4 nitrogen and oxygen atoms in total. The molecule has 5 fully saturated rings. The molecule has 0 aromatic rings. The fraction of sp³-hybridized carbons (Fsp3) is 0.944. The lowest BCUT2D eigenvalue weighted by atomic mass is 9.59. The summed E-state index contributed by atoms with van der Waals surface area (Å²) in [6.07, 6.45) is 3.81. The minimum atomic E-state index is -0.135. The van der Waals surface area contributed by atoms with Crippen LogP contribution in [-0.2, 0) is 9.53 Å². The lowest BCUT2D eigenvalue weighted by Gasteiger charge is -2.67. The molecule has 5 rings (SSSR count). The Morgan fingerprint density at radius 1 is 1.14 bits per heavy atom. The highest BCUT2D eigenvalue weighted by atomic mass is 16.5. The lowest BCUT2D eigenvalue weighted by molar-refractivity contribution is -0.217. The molecule has 22 heavy (non-hydrogen) atoms. The number of nitrogens with zero attached hydrogens (tertiary/aromatic N) is 2. The van der Waals surface area contributed by atoms with Crippen molar-refractivity contribution in [2.45, 2.75) is 58.7 Å². The summed E-state index contributed by atoms with van der Waals surface area (Å²) in [6, 6.07) is 0. The molecule has 0 N–H and O–H groups in total. The van der Waals surface area contributed by atoms with Crippen LogP contribution in [0.3, 0.4) is 0 Å². The molecular weight excluding hydrogens is 276 g/mol. The highest BCUT2D eigenvalue weighted by molar-refractivity contribution is 5.93. The predicted molar refractivity (Wildman–Crippen MR) is 85.5 cm³/mol. The number of Topliss-reactive ketones (excluding diaryl/α,β-unsaturated/α-hetero) is 1. The van der Waals surface area contributed by atoms with Gasteiger partial charge >= 0.3 is 0 Å². The highest BCUT2D eigenvalue weighted by Crippen LogP contribution is 2.52. The molecular formula is C18H30N2O2. The van der Waals surface area contributed by atoms with Gasteiger partial charge in [-0.2, -0.15) is 0 Å². The van der Waals surface area contributed by atoms with E-state index >= 15 is 0 Å². The Labute approximate surface area is 134 Å². The SMILES string of the molecule is CCC12CN3CC(C)(CN(C1)C3C1CCOC(C)(C)C1)C2=O. The Morgan fingerprint density at radius 3 is 2.32 bits per heavy atom. The quantitative estimate of drug-likeness (QED) is 0.782. The topological polar surface area (TPSA) is 32.8 Å². The first-order valence-electron chi connectivity index (χ1n) is 8.96. The van der Waals surface area contributed by atoms with Gasteiger partial charge in [0.05, 0.1) is 22.6 Å². The van der Waals surface area contributed by atoms with Crippen molar-refractivity contribution >= 4 is 5.78 Å². The zero-order chi connectivity index (χ0) is 15.8. The number of carbonyl (C=O) groups is 1. The van der Waals surface area contributed by atoms with E-state index in [2.05, 4.69) is 37.5 Å². The Morgan fingerprint density at radius 2 is 1.77 bits per heavy atom. The molecule has 0 amide bonds. The smallest absolute Gasteiger partial charge is 0.150 e. The molecule has 5 aliphatic rings. The fourth-order valence-electron chi connectivity index (χ4n) is 5.93. The maximum Gasteiger partial charge on any atom is 0.150 e. The van der Waals surface area contributed by atoms with E-state index in [9.17, 15) is 4.79 Å². The van der Waals surface area contributed by atoms with Crippen LogP contribution in [-0.4, -0.2) is 60.1 Å². The van der Waals surface area contributed by atoms with E-state index in [1.807, 2.05) is 0 Å². The molecule has 124 valence electrons. The van der Waals surface area contributed by atoms with Crippen molar-refractivity contribution in [3.8, 4) is 0 Å². The van der Waals surface area contributed by atoms with Crippen LogP contribution in [0.15, 0.2) is 0 Å². The summed E-state index contributed by atoms with van der Waals surface area (Å²) in [4.78, 5) is 18.2. The molecule has 0 saturated carbocycles. The first-order chi connectivity index (χ1) is 10.3. The van der Waals surface area contributed by atoms with Crippen LogP contribution in [0.25, 0.3) is 0 Å². The van der Waals surface area contributed by atoms with Gasteiger partial charge in [0.15, 0.2) is 0 Å². The van der Waals surface area contributed by atoms with Crippen molar-refractivity contribution in [1.82, 2.24) is 9.80 Å². The summed E-state index contributed by atoms with van der Waals surface area (Å²) in [5.74, 6) is 1.22. The third-order valence-electron chi connectivity index (χ3n) is 6.73. The number of hydrogen-bond donors (Lipinski definition) is 0. The largest absolute Gasteiger partial charge is 0.376 e. The standard InChI is InChI=1S/C18H30N2O2/c1-5-18-11-19-9-17(4,15(18)21)10-20(12-18)14(19)13-6-7-22-16(2,3)8-13/h13-14H,5-12H2,1-4H3. The van der Waals surface area contributed by atoms with Gasteiger partial charge in [-0.3, -0.25) is 14.6 Å².